The van der Waals surface area contributed by atoms with Gasteiger partial charge in [0.15, 0.2) is 0 Å². The first-order valence-corrected chi connectivity index (χ1v) is 7.20. The minimum Gasteiger partial charge on any atom is -0.493 e. The normalized spacial score (nSPS) is 28.6. The molecule has 0 bridgehead atoms. The highest BCUT2D eigenvalue weighted by atomic mass is 35.5. The van der Waals surface area contributed by atoms with Crippen molar-refractivity contribution >= 4 is 11.6 Å². The quantitative estimate of drug-likeness (QED) is 0.760. The number of aryl methyl sites for hydroxylation is 1. The van der Waals surface area contributed by atoms with Crippen LogP contribution in [-0.2, 0) is 11.2 Å². The van der Waals surface area contributed by atoms with Gasteiger partial charge in [-0.15, -0.1) is 11.6 Å². The molecule has 3 unspecified atom stereocenters. The summed E-state index contributed by atoms with van der Waals surface area (Å²) in [6, 6.07) is 6.39. The van der Waals surface area contributed by atoms with E-state index in [-0.39, 0.29) is 11.5 Å². The van der Waals surface area contributed by atoms with Gasteiger partial charge in [-0.05, 0) is 43.4 Å². The molecule has 0 radical (unpaired) electrons. The molecule has 0 aliphatic carbocycles. The summed E-state index contributed by atoms with van der Waals surface area (Å²) in [6.45, 7) is 3.79. The van der Waals surface area contributed by atoms with Crippen LogP contribution in [0.3, 0.4) is 0 Å². The number of benzene rings is 1. The molecule has 3 heteroatoms. The Kier molecular flexibility index (Phi) is 3.49. The largest absolute Gasteiger partial charge is 0.493 e. The smallest absolute Gasteiger partial charge is 0.122 e. The fourth-order valence-electron chi connectivity index (χ4n) is 2.93. The predicted molar refractivity (Wildman–Crippen MR) is 72.4 cm³/mol. The summed E-state index contributed by atoms with van der Waals surface area (Å²) in [6.07, 6.45) is 3.53. The van der Waals surface area contributed by atoms with Crippen molar-refractivity contribution in [2.75, 3.05) is 13.2 Å². The van der Waals surface area contributed by atoms with Crippen LogP contribution in [0.1, 0.15) is 36.3 Å². The summed E-state index contributed by atoms with van der Waals surface area (Å²) < 4.78 is 11.2. The van der Waals surface area contributed by atoms with Gasteiger partial charge in [-0.2, -0.15) is 0 Å². The van der Waals surface area contributed by atoms with Crippen LogP contribution in [0.5, 0.6) is 5.75 Å². The van der Waals surface area contributed by atoms with E-state index >= 15 is 0 Å². The van der Waals surface area contributed by atoms with Gasteiger partial charge in [-0.3, -0.25) is 0 Å². The standard InChI is InChI=1S/C15H19ClO2/c1-10-13(6-8-17-10)15(16)12-4-5-14-11(9-12)3-2-7-18-14/h4-5,9-10,13,15H,2-3,6-8H2,1H3. The lowest BCUT2D eigenvalue weighted by Gasteiger charge is -2.23. The van der Waals surface area contributed by atoms with Crippen LogP contribution >= 0.6 is 11.6 Å². The molecule has 1 aromatic carbocycles. The first-order chi connectivity index (χ1) is 8.75. The molecule has 2 aliphatic rings. The predicted octanol–water partition coefficient (Wildman–Crippen LogP) is 3.72. The van der Waals surface area contributed by atoms with Gasteiger partial charge in [0, 0.05) is 12.5 Å². The number of ether oxygens (including phenoxy) is 2. The third-order valence-electron chi connectivity index (χ3n) is 4.06. The summed E-state index contributed by atoms with van der Waals surface area (Å²) >= 11 is 6.63. The molecular weight excluding hydrogens is 248 g/mol. The van der Waals surface area contributed by atoms with Gasteiger partial charge in [0.25, 0.3) is 0 Å². The molecular formula is C15H19ClO2. The average molecular weight is 267 g/mol. The van der Waals surface area contributed by atoms with Crippen LogP contribution in [-0.4, -0.2) is 19.3 Å². The summed E-state index contributed by atoms with van der Waals surface area (Å²) in [5, 5.41) is 0.0507. The fraction of sp³-hybridized carbons (Fsp3) is 0.600. The SMILES string of the molecule is CC1OCCC1C(Cl)c1ccc2c(c1)CCCO2. The highest BCUT2D eigenvalue weighted by Crippen LogP contribution is 2.39. The topological polar surface area (TPSA) is 18.5 Å². The number of hydrogen-bond acceptors (Lipinski definition) is 2. The van der Waals surface area contributed by atoms with E-state index in [0.717, 1.165) is 38.2 Å². The molecule has 2 aliphatic heterocycles. The second-order valence-electron chi connectivity index (χ2n) is 5.25. The molecule has 0 amide bonds. The molecule has 1 saturated heterocycles. The van der Waals surface area contributed by atoms with E-state index in [1.807, 2.05) is 0 Å². The fourth-order valence-corrected chi connectivity index (χ4v) is 3.40. The van der Waals surface area contributed by atoms with Crippen LogP contribution in [0.25, 0.3) is 0 Å². The lowest BCUT2D eigenvalue weighted by atomic mass is 9.91. The van der Waals surface area contributed by atoms with Crippen molar-refractivity contribution in [3.05, 3.63) is 29.3 Å². The number of rotatable bonds is 2. The van der Waals surface area contributed by atoms with Crippen LogP contribution in [0.15, 0.2) is 18.2 Å². The molecule has 1 fully saturated rings. The number of hydrogen-bond donors (Lipinski definition) is 0. The van der Waals surface area contributed by atoms with Gasteiger partial charge in [-0.25, -0.2) is 0 Å². The summed E-state index contributed by atoms with van der Waals surface area (Å²) in [5.74, 6) is 1.46. The maximum absolute atomic E-state index is 6.63. The van der Waals surface area contributed by atoms with E-state index in [1.165, 1.54) is 11.1 Å². The number of fused-ring (bicyclic) bond motifs is 1. The van der Waals surface area contributed by atoms with Crippen molar-refractivity contribution in [2.45, 2.75) is 37.7 Å². The van der Waals surface area contributed by atoms with Crippen molar-refractivity contribution < 1.29 is 9.47 Å². The van der Waals surface area contributed by atoms with Crippen molar-refractivity contribution in [1.29, 1.82) is 0 Å². The maximum Gasteiger partial charge on any atom is 0.122 e. The van der Waals surface area contributed by atoms with Crippen LogP contribution in [0.2, 0.25) is 0 Å². The Bertz CT molecular complexity index is 433. The van der Waals surface area contributed by atoms with Gasteiger partial charge >= 0.3 is 0 Å². The van der Waals surface area contributed by atoms with Crippen molar-refractivity contribution in [1.82, 2.24) is 0 Å². The second kappa shape index (κ2) is 5.10. The van der Waals surface area contributed by atoms with Gasteiger partial charge in [-0.1, -0.05) is 12.1 Å². The van der Waals surface area contributed by atoms with E-state index in [2.05, 4.69) is 25.1 Å². The van der Waals surface area contributed by atoms with Crippen LogP contribution in [0, 0.1) is 5.92 Å². The van der Waals surface area contributed by atoms with Gasteiger partial charge < -0.3 is 9.47 Å². The zero-order chi connectivity index (χ0) is 12.5. The molecule has 2 nitrogen and oxygen atoms in total. The Hall–Kier alpha value is -0.730. The minimum absolute atomic E-state index is 0.0507. The van der Waals surface area contributed by atoms with Gasteiger partial charge in [0.1, 0.15) is 5.75 Å². The Morgan fingerprint density at radius 3 is 3.00 bits per heavy atom. The Balaban J connectivity index is 1.83. The summed E-state index contributed by atoms with van der Waals surface area (Å²) in [7, 11) is 0. The van der Waals surface area contributed by atoms with E-state index in [1.54, 1.807) is 0 Å². The molecule has 18 heavy (non-hydrogen) atoms. The molecule has 0 saturated carbocycles. The molecule has 3 rings (SSSR count). The Morgan fingerprint density at radius 2 is 2.22 bits per heavy atom. The first kappa shape index (κ1) is 12.3. The second-order valence-corrected chi connectivity index (χ2v) is 5.72. The molecule has 2 heterocycles. The molecule has 0 aromatic heterocycles. The number of halogens is 1. The van der Waals surface area contributed by atoms with Gasteiger partial charge in [0.2, 0.25) is 0 Å². The molecule has 98 valence electrons. The van der Waals surface area contributed by atoms with E-state index in [4.69, 9.17) is 21.1 Å². The third-order valence-corrected chi connectivity index (χ3v) is 4.64. The Morgan fingerprint density at radius 1 is 1.33 bits per heavy atom. The maximum atomic E-state index is 6.63. The Labute approximate surface area is 113 Å². The zero-order valence-corrected chi connectivity index (χ0v) is 11.5. The van der Waals surface area contributed by atoms with Crippen molar-refractivity contribution in [2.24, 2.45) is 5.92 Å². The monoisotopic (exact) mass is 266 g/mol. The third kappa shape index (κ3) is 2.24. The van der Waals surface area contributed by atoms with E-state index in [0.29, 0.717) is 5.92 Å². The van der Waals surface area contributed by atoms with E-state index in [9.17, 15) is 0 Å². The lowest BCUT2D eigenvalue weighted by Crippen LogP contribution is -2.17. The number of alkyl halides is 1. The lowest BCUT2D eigenvalue weighted by molar-refractivity contribution is 0.105. The first-order valence-electron chi connectivity index (χ1n) is 6.77. The highest BCUT2D eigenvalue weighted by Gasteiger charge is 2.32. The van der Waals surface area contributed by atoms with Crippen LogP contribution in [0.4, 0.5) is 0 Å². The average Bonchev–Trinajstić information content (AvgIpc) is 2.83. The highest BCUT2D eigenvalue weighted by molar-refractivity contribution is 6.21. The van der Waals surface area contributed by atoms with E-state index < -0.39 is 0 Å². The molecule has 0 spiro atoms. The summed E-state index contributed by atoms with van der Waals surface area (Å²) in [4.78, 5) is 0. The minimum atomic E-state index is 0.0507. The van der Waals surface area contributed by atoms with Crippen molar-refractivity contribution in [3.63, 3.8) is 0 Å². The van der Waals surface area contributed by atoms with Crippen molar-refractivity contribution in [3.8, 4) is 5.75 Å². The van der Waals surface area contributed by atoms with Crippen LogP contribution < -0.4 is 4.74 Å². The molecule has 3 atom stereocenters. The molecule has 0 N–H and O–H groups in total. The molecule has 1 aromatic rings. The van der Waals surface area contributed by atoms with Gasteiger partial charge in [0.05, 0.1) is 18.1 Å². The summed E-state index contributed by atoms with van der Waals surface area (Å²) in [5.41, 5.74) is 2.51. The zero-order valence-electron chi connectivity index (χ0n) is 10.7.